The first kappa shape index (κ1) is 13.1. The van der Waals surface area contributed by atoms with Crippen LogP contribution in [0.5, 0.6) is 0 Å². The van der Waals surface area contributed by atoms with Gasteiger partial charge in [-0.2, -0.15) is 5.10 Å². The fourth-order valence-corrected chi connectivity index (χ4v) is 2.41. The summed E-state index contributed by atoms with van der Waals surface area (Å²) < 4.78 is 1.78. The number of aryl methyl sites for hydroxylation is 2. The van der Waals surface area contributed by atoms with E-state index in [1.54, 1.807) is 4.68 Å². The number of aromatic nitrogens is 2. The van der Waals surface area contributed by atoms with Crippen LogP contribution < -0.4 is 10.6 Å². The zero-order chi connectivity index (χ0) is 13.0. The van der Waals surface area contributed by atoms with Gasteiger partial charge < -0.3 is 10.6 Å². The Kier molecular flexibility index (Phi) is 4.36. The summed E-state index contributed by atoms with van der Waals surface area (Å²) in [7, 11) is 1.89. The van der Waals surface area contributed by atoms with Crippen molar-refractivity contribution in [1.82, 2.24) is 20.4 Å². The maximum absolute atomic E-state index is 11.8. The van der Waals surface area contributed by atoms with E-state index in [0.717, 1.165) is 24.2 Å². The Hall–Kier alpha value is -1.36. The van der Waals surface area contributed by atoms with E-state index in [9.17, 15) is 4.79 Å². The van der Waals surface area contributed by atoms with Gasteiger partial charge in [0.15, 0.2) is 0 Å². The van der Waals surface area contributed by atoms with Crippen LogP contribution in [0.25, 0.3) is 0 Å². The van der Waals surface area contributed by atoms with Gasteiger partial charge in [0.1, 0.15) is 0 Å². The van der Waals surface area contributed by atoms with Gasteiger partial charge in [0.05, 0.1) is 5.69 Å². The van der Waals surface area contributed by atoms with E-state index >= 15 is 0 Å². The molecule has 1 amide bonds. The number of nitrogens with zero attached hydrogens (tertiary/aromatic N) is 2. The van der Waals surface area contributed by atoms with Crippen LogP contribution in [-0.2, 0) is 18.4 Å². The number of hydrogen-bond acceptors (Lipinski definition) is 3. The maximum Gasteiger partial charge on any atom is 0.221 e. The van der Waals surface area contributed by atoms with E-state index in [-0.39, 0.29) is 5.91 Å². The highest BCUT2D eigenvalue weighted by Gasteiger charge is 2.16. The molecular formula is C13H22N4O. The van der Waals surface area contributed by atoms with Crippen LogP contribution in [0.15, 0.2) is 6.20 Å². The van der Waals surface area contributed by atoms with Crippen molar-refractivity contribution in [3.05, 3.63) is 17.5 Å². The van der Waals surface area contributed by atoms with Gasteiger partial charge in [0, 0.05) is 37.8 Å². The summed E-state index contributed by atoms with van der Waals surface area (Å²) in [4.78, 5) is 11.8. The van der Waals surface area contributed by atoms with Crippen molar-refractivity contribution in [2.75, 3.05) is 6.54 Å². The van der Waals surface area contributed by atoms with Gasteiger partial charge in [-0.15, -0.1) is 0 Å². The van der Waals surface area contributed by atoms with Crippen molar-refractivity contribution in [3.63, 3.8) is 0 Å². The lowest BCUT2D eigenvalue weighted by molar-refractivity contribution is -0.121. The number of piperidine rings is 1. The zero-order valence-corrected chi connectivity index (χ0v) is 11.2. The molecule has 5 nitrogen and oxygen atoms in total. The van der Waals surface area contributed by atoms with Crippen LogP contribution in [0.3, 0.4) is 0 Å². The van der Waals surface area contributed by atoms with Crippen molar-refractivity contribution < 1.29 is 4.79 Å². The predicted molar refractivity (Wildman–Crippen MR) is 70.1 cm³/mol. The molecule has 2 heterocycles. The van der Waals surface area contributed by atoms with Crippen LogP contribution in [0.4, 0.5) is 0 Å². The quantitative estimate of drug-likeness (QED) is 0.834. The van der Waals surface area contributed by atoms with Crippen molar-refractivity contribution in [3.8, 4) is 0 Å². The Morgan fingerprint density at radius 3 is 3.06 bits per heavy atom. The summed E-state index contributed by atoms with van der Waals surface area (Å²) in [5.74, 6) is 0.123. The molecule has 2 rings (SSSR count). The molecule has 1 aromatic rings. The Morgan fingerprint density at radius 1 is 1.61 bits per heavy atom. The van der Waals surface area contributed by atoms with Crippen LogP contribution in [0.2, 0.25) is 0 Å². The molecule has 2 N–H and O–H groups in total. The smallest absolute Gasteiger partial charge is 0.221 e. The summed E-state index contributed by atoms with van der Waals surface area (Å²) in [6.45, 7) is 3.58. The zero-order valence-electron chi connectivity index (χ0n) is 11.2. The maximum atomic E-state index is 11.8. The molecule has 18 heavy (non-hydrogen) atoms. The Bertz CT molecular complexity index is 407. The van der Waals surface area contributed by atoms with Crippen molar-refractivity contribution >= 4 is 5.91 Å². The molecule has 100 valence electrons. The Morgan fingerprint density at radius 2 is 2.44 bits per heavy atom. The first-order chi connectivity index (χ1) is 8.65. The van der Waals surface area contributed by atoms with Gasteiger partial charge in [0.2, 0.25) is 5.91 Å². The molecule has 0 aromatic carbocycles. The predicted octanol–water partition coefficient (Wildman–Crippen LogP) is 0.877. The molecule has 5 heteroatoms. The van der Waals surface area contributed by atoms with E-state index in [4.69, 9.17) is 0 Å². The number of amides is 1. The second-order valence-corrected chi connectivity index (χ2v) is 5.04. The summed E-state index contributed by atoms with van der Waals surface area (Å²) in [5.41, 5.74) is 2.07. The molecule has 0 radical (unpaired) electrons. The summed E-state index contributed by atoms with van der Waals surface area (Å²) in [6, 6.07) is 0.355. The highest BCUT2D eigenvalue weighted by molar-refractivity contribution is 5.76. The monoisotopic (exact) mass is 250 g/mol. The highest BCUT2D eigenvalue weighted by atomic mass is 16.1. The third kappa shape index (κ3) is 3.57. The molecule has 0 saturated carbocycles. The van der Waals surface area contributed by atoms with E-state index in [2.05, 4.69) is 15.7 Å². The van der Waals surface area contributed by atoms with Crippen LogP contribution in [-0.4, -0.2) is 28.3 Å². The summed E-state index contributed by atoms with van der Waals surface area (Å²) >= 11 is 0. The number of carbonyl (C=O) groups excluding carboxylic acids is 1. The molecule has 0 aliphatic carbocycles. The molecule has 1 atom stereocenters. The molecule has 1 aliphatic rings. The number of hydrogen-bond donors (Lipinski definition) is 2. The van der Waals surface area contributed by atoms with Gasteiger partial charge in [0.25, 0.3) is 0 Å². The van der Waals surface area contributed by atoms with E-state index < -0.39 is 0 Å². The molecule has 0 spiro atoms. The van der Waals surface area contributed by atoms with Crippen LogP contribution >= 0.6 is 0 Å². The third-order valence-corrected chi connectivity index (χ3v) is 3.44. The lowest BCUT2D eigenvalue weighted by Crippen LogP contribution is -2.38. The molecule has 1 saturated heterocycles. The minimum Gasteiger partial charge on any atom is -0.352 e. The lowest BCUT2D eigenvalue weighted by atomic mass is 10.0. The van der Waals surface area contributed by atoms with Gasteiger partial charge in [-0.3, -0.25) is 9.48 Å². The van der Waals surface area contributed by atoms with E-state index in [1.807, 2.05) is 20.2 Å². The van der Waals surface area contributed by atoms with Crippen LogP contribution in [0.1, 0.15) is 36.9 Å². The SMILES string of the molecule is Cc1nn(C)cc1CNC(=O)CC1CCCCN1. The van der Waals surface area contributed by atoms with Crippen molar-refractivity contribution in [2.45, 2.75) is 45.2 Å². The summed E-state index contributed by atoms with van der Waals surface area (Å²) in [6.07, 6.45) is 6.10. The molecular weight excluding hydrogens is 228 g/mol. The fraction of sp³-hybridized carbons (Fsp3) is 0.692. The highest BCUT2D eigenvalue weighted by Crippen LogP contribution is 2.10. The lowest BCUT2D eigenvalue weighted by Gasteiger charge is -2.22. The van der Waals surface area contributed by atoms with Crippen molar-refractivity contribution in [2.24, 2.45) is 7.05 Å². The average Bonchev–Trinajstić information content (AvgIpc) is 2.66. The average molecular weight is 250 g/mol. The standard InChI is InChI=1S/C13H22N4O/c1-10-11(9-17(2)16-10)8-15-13(18)7-12-5-3-4-6-14-12/h9,12,14H,3-8H2,1-2H3,(H,15,18). The second-order valence-electron chi connectivity index (χ2n) is 5.04. The molecule has 1 aliphatic heterocycles. The van der Waals surface area contributed by atoms with Gasteiger partial charge >= 0.3 is 0 Å². The first-order valence-corrected chi connectivity index (χ1v) is 6.64. The van der Waals surface area contributed by atoms with Crippen molar-refractivity contribution in [1.29, 1.82) is 0 Å². The molecule has 1 aromatic heterocycles. The number of nitrogens with one attached hydrogen (secondary N) is 2. The van der Waals surface area contributed by atoms with E-state index in [0.29, 0.717) is 19.0 Å². The fourth-order valence-electron chi connectivity index (χ4n) is 2.41. The topological polar surface area (TPSA) is 59.0 Å². The second kappa shape index (κ2) is 6.00. The molecule has 1 fully saturated rings. The minimum absolute atomic E-state index is 0.123. The normalized spacial score (nSPS) is 19.8. The molecule has 0 bridgehead atoms. The number of rotatable bonds is 4. The summed E-state index contributed by atoms with van der Waals surface area (Å²) in [5, 5.41) is 10.6. The van der Waals surface area contributed by atoms with Gasteiger partial charge in [-0.25, -0.2) is 0 Å². The molecule has 1 unspecified atom stereocenters. The first-order valence-electron chi connectivity index (χ1n) is 6.64. The number of carbonyl (C=O) groups is 1. The largest absolute Gasteiger partial charge is 0.352 e. The van der Waals surface area contributed by atoms with E-state index in [1.165, 1.54) is 12.8 Å². The van der Waals surface area contributed by atoms with Gasteiger partial charge in [-0.05, 0) is 26.3 Å². The van der Waals surface area contributed by atoms with Gasteiger partial charge in [-0.1, -0.05) is 6.42 Å². The minimum atomic E-state index is 0.123. The third-order valence-electron chi connectivity index (χ3n) is 3.44. The Labute approximate surface area is 108 Å². The Balaban J connectivity index is 1.75. The van der Waals surface area contributed by atoms with Crippen LogP contribution in [0, 0.1) is 6.92 Å².